The van der Waals surface area contributed by atoms with E-state index in [0.717, 1.165) is 19.3 Å². The van der Waals surface area contributed by atoms with Gasteiger partial charge in [0, 0.05) is 0 Å². The second kappa shape index (κ2) is 2.44. The number of alkyl halides is 3. The van der Waals surface area contributed by atoms with Crippen molar-refractivity contribution in [3.8, 4) is 0 Å². The molecule has 5 heteroatoms. The molecule has 0 bridgehead atoms. The van der Waals surface area contributed by atoms with E-state index in [-0.39, 0.29) is 18.3 Å². The van der Waals surface area contributed by atoms with Gasteiger partial charge in [-0.05, 0) is 31.1 Å². The van der Waals surface area contributed by atoms with Gasteiger partial charge in [0.1, 0.15) is 0 Å². The van der Waals surface area contributed by atoms with Gasteiger partial charge in [0.2, 0.25) is 0 Å². The number of carbonyl (C=O) groups is 1. The number of aliphatic carboxylic acids is 1. The number of carboxylic acid groups (broad SMARTS) is 1. The summed E-state index contributed by atoms with van der Waals surface area (Å²) in [6.07, 6.45) is -2.55. The third kappa shape index (κ3) is 1.01. The topological polar surface area (TPSA) is 37.3 Å². The summed E-state index contributed by atoms with van der Waals surface area (Å²) in [7, 11) is 0. The van der Waals surface area contributed by atoms with Gasteiger partial charge in [-0.25, -0.2) is 0 Å². The minimum absolute atomic E-state index is 0.209. The Balaban J connectivity index is 2.17. The molecule has 1 spiro atoms. The molecule has 0 aromatic heterocycles. The fourth-order valence-corrected chi connectivity index (χ4v) is 2.73. The van der Waals surface area contributed by atoms with Crippen LogP contribution in [0.4, 0.5) is 13.2 Å². The molecule has 2 rings (SSSR count). The van der Waals surface area contributed by atoms with Gasteiger partial charge in [-0.2, -0.15) is 13.2 Å². The fourth-order valence-electron chi connectivity index (χ4n) is 2.73. The van der Waals surface area contributed by atoms with Crippen molar-refractivity contribution in [2.24, 2.45) is 10.8 Å². The van der Waals surface area contributed by atoms with E-state index < -0.39 is 17.6 Å². The Morgan fingerprint density at radius 2 is 1.71 bits per heavy atom. The highest BCUT2D eigenvalue weighted by atomic mass is 19.4. The van der Waals surface area contributed by atoms with Crippen molar-refractivity contribution in [3.05, 3.63) is 0 Å². The zero-order valence-electron chi connectivity index (χ0n) is 7.52. The molecule has 0 heterocycles. The van der Waals surface area contributed by atoms with Crippen molar-refractivity contribution in [1.82, 2.24) is 0 Å². The van der Waals surface area contributed by atoms with Crippen LogP contribution in [0.15, 0.2) is 0 Å². The van der Waals surface area contributed by atoms with Crippen LogP contribution in [0.1, 0.15) is 32.1 Å². The van der Waals surface area contributed by atoms with Gasteiger partial charge in [-0.1, -0.05) is 6.42 Å². The molecule has 2 nitrogen and oxygen atoms in total. The number of halogens is 3. The van der Waals surface area contributed by atoms with E-state index >= 15 is 0 Å². The Bertz CT molecular complexity index is 270. The summed E-state index contributed by atoms with van der Waals surface area (Å²) in [4.78, 5) is 10.7. The van der Waals surface area contributed by atoms with Crippen LogP contribution in [-0.4, -0.2) is 17.3 Å². The number of hydrogen-bond acceptors (Lipinski definition) is 1. The molecular weight excluding hydrogens is 197 g/mol. The zero-order valence-corrected chi connectivity index (χ0v) is 7.52. The minimum atomic E-state index is -4.60. The third-order valence-electron chi connectivity index (χ3n) is 3.72. The molecule has 80 valence electrons. The van der Waals surface area contributed by atoms with E-state index in [4.69, 9.17) is 5.11 Å². The maximum Gasteiger partial charge on any atom is 0.404 e. The third-order valence-corrected chi connectivity index (χ3v) is 3.72. The Labute approximate surface area is 79.1 Å². The molecule has 0 atom stereocenters. The van der Waals surface area contributed by atoms with E-state index in [2.05, 4.69) is 0 Å². The summed E-state index contributed by atoms with van der Waals surface area (Å²) in [6.45, 7) is 0. The first kappa shape index (κ1) is 9.80. The Morgan fingerprint density at radius 1 is 1.21 bits per heavy atom. The van der Waals surface area contributed by atoms with Crippen molar-refractivity contribution in [2.45, 2.75) is 38.3 Å². The molecule has 0 aliphatic heterocycles. The Kier molecular flexibility index (Phi) is 1.71. The maximum absolute atomic E-state index is 12.5. The standard InChI is InChI=1S/C9H11F3O2/c10-9(11,12)8(6(13)14)4-7(5-8)2-1-3-7/h1-5H2,(H,13,14). The van der Waals surface area contributed by atoms with E-state index in [1.165, 1.54) is 0 Å². The Morgan fingerprint density at radius 3 is 1.93 bits per heavy atom. The average Bonchev–Trinajstić information content (AvgIpc) is 1.75. The molecule has 0 aromatic carbocycles. The van der Waals surface area contributed by atoms with Gasteiger partial charge < -0.3 is 5.11 Å². The summed E-state index contributed by atoms with van der Waals surface area (Å²) in [5, 5.41) is 8.65. The van der Waals surface area contributed by atoms with Gasteiger partial charge in [-0.3, -0.25) is 4.79 Å². The van der Waals surface area contributed by atoms with Crippen LogP contribution >= 0.6 is 0 Å². The van der Waals surface area contributed by atoms with Crippen LogP contribution in [0.3, 0.4) is 0 Å². The van der Waals surface area contributed by atoms with Gasteiger partial charge in [0.15, 0.2) is 5.41 Å². The van der Waals surface area contributed by atoms with Crippen molar-refractivity contribution in [3.63, 3.8) is 0 Å². The highest BCUT2D eigenvalue weighted by Crippen LogP contribution is 2.69. The molecule has 0 amide bonds. The van der Waals surface area contributed by atoms with E-state index in [1.54, 1.807) is 0 Å². The normalized spacial score (nSPS) is 27.9. The first-order valence-corrected chi connectivity index (χ1v) is 4.62. The predicted octanol–water partition coefficient (Wildman–Crippen LogP) is 2.58. The highest BCUT2D eigenvalue weighted by molar-refractivity contribution is 5.77. The summed E-state index contributed by atoms with van der Waals surface area (Å²) in [5.74, 6) is -1.71. The summed E-state index contributed by atoms with van der Waals surface area (Å²) in [6, 6.07) is 0. The van der Waals surface area contributed by atoms with Crippen LogP contribution in [-0.2, 0) is 4.79 Å². The zero-order chi connectivity index (χ0) is 10.6. The van der Waals surface area contributed by atoms with Crippen molar-refractivity contribution < 1.29 is 23.1 Å². The van der Waals surface area contributed by atoms with E-state index in [0.29, 0.717) is 0 Å². The molecule has 0 aromatic rings. The maximum atomic E-state index is 12.5. The SMILES string of the molecule is O=C(O)C1(C(F)(F)F)CC2(CCC2)C1. The van der Waals surface area contributed by atoms with Gasteiger partial charge >= 0.3 is 12.1 Å². The number of carboxylic acids is 1. The van der Waals surface area contributed by atoms with Crippen LogP contribution < -0.4 is 0 Å². The quantitative estimate of drug-likeness (QED) is 0.719. The lowest BCUT2D eigenvalue weighted by Gasteiger charge is -2.59. The van der Waals surface area contributed by atoms with Crippen LogP contribution in [0.25, 0.3) is 0 Å². The van der Waals surface area contributed by atoms with Crippen LogP contribution in [0, 0.1) is 10.8 Å². The van der Waals surface area contributed by atoms with Crippen LogP contribution in [0.2, 0.25) is 0 Å². The lowest BCUT2D eigenvalue weighted by atomic mass is 9.45. The number of rotatable bonds is 1. The summed E-state index contributed by atoms with van der Waals surface area (Å²) >= 11 is 0. The second-order valence-corrected chi connectivity index (χ2v) is 4.59. The molecule has 0 unspecified atom stereocenters. The van der Waals surface area contributed by atoms with E-state index in [9.17, 15) is 18.0 Å². The largest absolute Gasteiger partial charge is 0.481 e. The first-order valence-electron chi connectivity index (χ1n) is 4.62. The summed E-state index contributed by atoms with van der Waals surface area (Å²) < 4.78 is 37.6. The lowest BCUT2D eigenvalue weighted by molar-refractivity contribution is -0.288. The monoisotopic (exact) mass is 208 g/mol. The van der Waals surface area contributed by atoms with Crippen molar-refractivity contribution in [2.75, 3.05) is 0 Å². The highest BCUT2D eigenvalue weighted by Gasteiger charge is 2.72. The lowest BCUT2D eigenvalue weighted by Crippen LogP contribution is -2.61. The second-order valence-electron chi connectivity index (χ2n) is 4.59. The smallest absolute Gasteiger partial charge is 0.404 e. The Hall–Kier alpha value is -0.740. The van der Waals surface area contributed by atoms with Crippen molar-refractivity contribution >= 4 is 5.97 Å². The first-order chi connectivity index (χ1) is 6.31. The van der Waals surface area contributed by atoms with E-state index in [1.807, 2.05) is 0 Å². The fraction of sp³-hybridized carbons (Fsp3) is 0.889. The van der Waals surface area contributed by atoms with Gasteiger partial charge in [0.25, 0.3) is 0 Å². The minimum Gasteiger partial charge on any atom is -0.481 e. The molecule has 2 saturated carbocycles. The van der Waals surface area contributed by atoms with Crippen molar-refractivity contribution in [1.29, 1.82) is 0 Å². The molecule has 2 fully saturated rings. The molecule has 0 saturated heterocycles. The molecule has 0 radical (unpaired) electrons. The van der Waals surface area contributed by atoms with Crippen LogP contribution in [0.5, 0.6) is 0 Å². The number of hydrogen-bond donors (Lipinski definition) is 1. The van der Waals surface area contributed by atoms with Gasteiger partial charge in [0.05, 0.1) is 0 Å². The average molecular weight is 208 g/mol. The summed E-state index contributed by atoms with van der Waals surface area (Å²) in [5.41, 5.74) is -2.72. The molecule has 14 heavy (non-hydrogen) atoms. The molecule has 2 aliphatic rings. The molecule has 2 aliphatic carbocycles. The van der Waals surface area contributed by atoms with Gasteiger partial charge in [-0.15, -0.1) is 0 Å². The molecule has 1 N–H and O–H groups in total. The molecular formula is C9H11F3O2. The predicted molar refractivity (Wildman–Crippen MR) is 41.6 cm³/mol.